The Balaban J connectivity index is 2.18. The maximum atomic E-state index is 5.66. The van der Waals surface area contributed by atoms with Gasteiger partial charge in [-0.1, -0.05) is 11.6 Å². The molecule has 6 heteroatoms. The lowest BCUT2D eigenvalue weighted by Crippen LogP contribution is -1.88. The molecule has 0 fully saturated rings. The summed E-state index contributed by atoms with van der Waals surface area (Å²) >= 11 is 5.66. The van der Waals surface area contributed by atoms with Crippen LogP contribution in [-0.2, 0) is 7.05 Å². The average molecular weight is 211 g/mol. The van der Waals surface area contributed by atoms with Crippen LogP contribution >= 0.6 is 11.6 Å². The molecular formula is C8H7ClN4O. The van der Waals surface area contributed by atoms with Crippen molar-refractivity contribution in [3.8, 4) is 11.6 Å². The van der Waals surface area contributed by atoms with Gasteiger partial charge in [-0.25, -0.2) is 9.97 Å². The first-order valence-corrected chi connectivity index (χ1v) is 4.26. The highest BCUT2D eigenvalue weighted by Crippen LogP contribution is 2.19. The predicted molar refractivity (Wildman–Crippen MR) is 50.3 cm³/mol. The molecule has 2 heterocycles. The van der Waals surface area contributed by atoms with Crippen LogP contribution in [0.5, 0.6) is 11.6 Å². The lowest BCUT2D eigenvalue weighted by molar-refractivity contribution is 0.461. The zero-order valence-corrected chi connectivity index (χ0v) is 8.14. The zero-order chi connectivity index (χ0) is 9.97. The molecule has 2 rings (SSSR count). The fourth-order valence-electron chi connectivity index (χ4n) is 0.945. The molecule has 0 spiro atoms. The number of ether oxygens (including phenoxy) is 1. The van der Waals surface area contributed by atoms with Crippen LogP contribution in [0.2, 0.25) is 5.15 Å². The Morgan fingerprint density at radius 2 is 2.29 bits per heavy atom. The highest BCUT2D eigenvalue weighted by Gasteiger charge is 2.01. The predicted octanol–water partition coefficient (Wildman–Crippen LogP) is 1.66. The maximum absolute atomic E-state index is 5.66. The molecule has 72 valence electrons. The van der Waals surface area contributed by atoms with Gasteiger partial charge in [0.15, 0.2) is 5.75 Å². The van der Waals surface area contributed by atoms with Crippen molar-refractivity contribution < 1.29 is 4.74 Å². The Hall–Kier alpha value is -1.62. The molecule has 0 aromatic carbocycles. The van der Waals surface area contributed by atoms with Gasteiger partial charge in [-0.15, -0.1) is 0 Å². The number of rotatable bonds is 2. The molecule has 0 amide bonds. The van der Waals surface area contributed by atoms with Crippen LogP contribution in [-0.4, -0.2) is 19.7 Å². The van der Waals surface area contributed by atoms with Crippen molar-refractivity contribution >= 4 is 11.6 Å². The van der Waals surface area contributed by atoms with E-state index in [1.165, 1.54) is 12.4 Å². The third-order valence-corrected chi connectivity index (χ3v) is 1.72. The minimum atomic E-state index is 0.346. The highest BCUT2D eigenvalue weighted by molar-refractivity contribution is 6.29. The number of nitrogens with zero attached hydrogens (tertiary/aromatic N) is 4. The SMILES string of the molecule is Cn1cc(Oc2cc(Cl)ncn2)cn1. The van der Waals surface area contributed by atoms with Crippen LogP contribution in [0, 0.1) is 0 Å². The summed E-state index contributed by atoms with van der Waals surface area (Å²) in [5.74, 6) is 1.01. The second-order valence-corrected chi connectivity index (χ2v) is 3.02. The van der Waals surface area contributed by atoms with Crippen molar-refractivity contribution in [3.63, 3.8) is 0 Å². The standard InChI is InChI=1S/C8H7ClN4O/c1-13-4-6(3-12-13)14-8-2-7(9)10-5-11-8/h2-5H,1H3. The van der Waals surface area contributed by atoms with E-state index in [-0.39, 0.29) is 0 Å². The van der Waals surface area contributed by atoms with E-state index >= 15 is 0 Å². The van der Waals surface area contributed by atoms with Crippen molar-refractivity contribution in [1.29, 1.82) is 0 Å². The lowest BCUT2D eigenvalue weighted by Gasteiger charge is -1.99. The topological polar surface area (TPSA) is 52.8 Å². The van der Waals surface area contributed by atoms with Crippen molar-refractivity contribution in [2.45, 2.75) is 0 Å². The van der Waals surface area contributed by atoms with E-state index in [0.29, 0.717) is 16.8 Å². The van der Waals surface area contributed by atoms with Crippen LogP contribution in [0.3, 0.4) is 0 Å². The van der Waals surface area contributed by atoms with Gasteiger partial charge in [-0.3, -0.25) is 4.68 Å². The first-order valence-electron chi connectivity index (χ1n) is 3.88. The lowest BCUT2D eigenvalue weighted by atomic mass is 10.6. The van der Waals surface area contributed by atoms with E-state index in [9.17, 15) is 0 Å². The van der Waals surface area contributed by atoms with E-state index in [2.05, 4.69) is 15.1 Å². The minimum Gasteiger partial charge on any atom is -0.436 e. The molecule has 2 aromatic heterocycles. The molecule has 0 aliphatic heterocycles. The molecule has 0 unspecified atom stereocenters. The van der Waals surface area contributed by atoms with Crippen molar-refractivity contribution in [1.82, 2.24) is 19.7 Å². The Morgan fingerprint density at radius 1 is 1.43 bits per heavy atom. The van der Waals surface area contributed by atoms with E-state index in [1.54, 1.807) is 24.1 Å². The fourth-order valence-corrected chi connectivity index (χ4v) is 1.08. The van der Waals surface area contributed by atoms with E-state index < -0.39 is 0 Å². The third-order valence-electron chi connectivity index (χ3n) is 1.51. The summed E-state index contributed by atoms with van der Waals surface area (Å²) in [5, 5.41) is 4.30. The largest absolute Gasteiger partial charge is 0.436 e. The molecular weight excluding hydrogens is 204 g/mol. The van der Waals surface area contributed by atoms with Crippen LogP contribution in [0.15, 0.2) is 24.8 Å². The van der Waals surface area contributed by atoms with Crippen LogP contribution in [0.1, 0.15) is 0 Å². The molecule has 0 aliphatic rings. The minimum absolute atomic E-state index is 0.346. The van der Waals surface area contributed by atoms with Crippen molar-refractivity contribution in [2.24, 2.45) is 7.05 Å². The first kappa shape index (κ1) is 8.96. The summed E-state index contributed by atoms with van der Waals surface area (Å²) in [7, 11) is 1.81. The average Bonchev–Trinajstić information content (AvgIpc) is 2.51. The maximum Gasteiger partial charge on any atom is 0.223 e. The van der Waals surface area contributed by atoms with Gasteiger partial charge in [-0.2, -0.15) is 5.10 Å². The number of aryl methyl sites for hydroxylation is 1. The quantitative estimate of drug-likeness (QED) is 0.708. The molecule has 0 atom stereocenters. The number of hydrogen-bond acceptors (Lipinski definition) is 4. The Kier molecular flexibility index (Phi) is 2.32. The molecule has 0 aliphatic carbocycles. The molecule has 2 aromatic rings. The summed E-state index contributed by atoms with van der Waals surface area (Å²) in [6.45, 7) is 0. The van der Waals surface area contributed by atoms with Crippen LogP contribution < -0.4 is 4.74 Å². The monoisotopic (exact) mass is 210 g/mol. The van der Waals surface area contributed by atoms with E-state index in [1.807, 2.05) is 0 Å². The van der Waals surface area contributed by atoms with Crippen molar-refractivity contribution in [3.05, 3.63) is 29.9 Å². The fraction of sp³-hybridized carbons (Fsp3) is 0.125. The molecule has 0 bridgehead atoms. The number of aromatic nitrogens is 4. The van der Waals surface area contributed by atoms with Gasteiger partial charge in [0, 0.05) is 13.1 Å². The number of halogens is 1. The third kappa shape index (κ3) is 2.00. The highest BCUT2D eigenvalue weighted by atomic mass is 35.5. The van der Waals surface area contributed by atoms with Crippen molar-refractivity contribution in [2.75, 3.05) is 0 Å². The summed E-state index contributed by atoms with van der Waals surface area (Å²) in [6, 6.07) is 1.54. The Bertz CT molecular complexity index is 442. The van der Waals surface area contributed by atoms with Gasteiger partial charge in [0.2, 0.25) is 5.88 Å². The summed E-state index contributed by atoms with van der Waals surface area (Å²) in [4.78, 5) is 7.63. The molecule has 14 heavy (non-hydrogen) atoms. The smallest absolute Gasteiger partial charge is 0.223 e. The van der Waals surface area contributed by atoms with E-state index in [4.69, 9.17) is 16.3 Å². The van der Waals surface area contributed by atoms with Gasteiger partial charge in [0.05, 0.1) is 12.4 Å². The Morgan fingerprint density at radius 3 is 2.93 bits per heavy atom. The Labute approximate surface area is 85.3 Å². The second-order valence-electron chi connectivity index (χ2n) is 2.63. The molecule has 5 nitrogen and oxygen atoms in total. The van der Waals surface area contributed by atoms with E-state index in [0.717, 1.165) is 0 Å². The molecule has 0 saturated heterocycles. The summed E-state index contributed by atoms with van der Waals surface area (Å²) in [5.41, 5.74) is 0. The van der Waals surface area contributed by atoms with Crippen LogP contribution in [0.25, 0.3) is 0 Å². The molecule has 0 radical (unpaired) electrons. The van der Waals surface area contributed by atoms with Crippen LogP contribution in [0.4, 0.5) is 0 Å². The van der Waals surface area contributed by atoms with Gasteiger partial charge >= 0.3 is 0 Å². The molecule has 0 saturated carbocycles. The van der Waals surface area contributed by atoms with Gasteiger partial charge in [0.1, 0.15) is 11.5 Å². The van der Waals surface area contributed by atoms with Gasteiger partial charge in [-0.05, 0) is 0 Å². The zero-order valence-electron chi connectivity index (χ0n) is 7.38. The normalized spacial score (nSPS) is 10.1. The first-order chi connectivity index (χ1) is 6.74. The second kappa shape index (κ2) is 3.63. The summed E-state index contributed by atoms with van der Waals surface area (Å²) < 4.78 is 7.00. The number of hydrogen-bond donors (Lipinski definition) is 0. The van der Waals surface area contributed by atoms with Gasteiger partial charge in [0.25, 0.3) is 0 Å². The van der Waals surface area contributed by atoms with Gasteiger partial charge < -0.3 is 4.74 Å². The summed E-state index contributed by atoms with van der Waals surface area (Å²) in [6.07, 6.45) is 4.67. The molecule has 0 N–H and O–H groups in total.